The Balaban J connectivity index is 2.41. The van der Waals surface area contributed by atoms with Gasteiger partial charge < -0.3 is 19.9 Å². The summed E-state index contributed by atoms with van der Waals surface area (Å²) in [6.45, 7) is 3.95. The van der Waals surface area contributed by atoms with E-state index in [-0.39, 0.29) is 0 Å². The maximum Gasteiger partial charge on any atom is 0.207 e. The van der Waals surface area contributed by atoms with Crippen molar-refractivity contribution in [2.24, 2.45) is 4.99 Å². The average Bonchev–Trinajstić information content (AvgIpc) is 2.56. The number of hydrogen-bond donors (Lipinski definition) is 2. The second kappa shape index (κ2) is 7.31. The Labute approximate surface area is 141 Å². The minimum Gasteiger partial charge on any atom is -0.485 e. The zero-order valence-electron chi connectivity index (χ0n) is 13.9. The number of aliphatic hydroxyl groups excluding tert-OH is 1. The lowest BCUT2D eigenvalue weighted by Gasteiger charge is -2.42. The number of amidine groups is 1. The van der Waals surface area contributed by atoms with Crippen molar-refractivity contribution in [2.45, 2.75) is 38.0 Å². The first-order chi connectivity index (χ1) is 11.4. The lowest BCUT2D eigenvalue weighted by Crippen LogP contribution is -2.53. The number of hydrogen-bond acceptors (Lipinski definition) is 6. The zero-order valence-corrected chi connectivity index (χ0v) is 13.9. The van der Waals surface area contributed by atoms with Crippen LogP contribution in [0.1, 0.15) is 37.4 Å². The van der Waals surface area contributed by atoms with Crippen LogP contribution in [0.5, 0.6) is 5.75 Å². The van der Waals surface area contributed by atoms with E-state index < -0.39 is 17.7 Å². The Bertz CT molecular complexity index is 716. The maximum absolute atomic E-state index is 10.7. The fourth-order valence-electron chi connectivity index (χ4n) is 2.62. The number of ether oxygens (including phenoxy) is 2. The fraction of sp³-hybridized carbons (Fsp3) is 0.471. The molecule has 0 saturated carbocycles. The molecule has 2 unspecified atom stereocenters. The van der Waals surface area contributed by atoms with E-state index in [1.807, 2.05) is 0 Å². The number of nitrogens with one attached hydrogen (secondary N) is 1. The zero-order chi connectivity index (χ0) is 17.7. The van der Waals surface area contributed by atoms with Crippen LogP contribution in [0.3, 0.4) is 0 Å². The highest BCUT2D eigenvalue weighted by Crippen LogP contribution is 2.40. The molecule has 0 fully saturated rings. The lowest BCUT2D eigenvalue weighted by molar-refractivity contribution is -0.0611. The number of benzene rings is 1. The second-order valence-corrected chi connectivity index (χ2v) is 6.04. The molecule has 0 spiro atoms. The highest BCUT2D eigenvalue weighted by molar-refractivity contribution is 5.83. The molecule has 2 atom stereocenters. The van der Waals surface area contributed by atoms with E-state index in [1.165, 1.54) is 0 Å². The molecule has 1 aliphatic heterocycles. The Morgan fingerprint density at radius 1 is 1.46 bits per heavy atom. The summed E-state index contributed by atoms with van der Waals surface area (Å²) in [4.78, 5) is 3.77. The predicted octanol–water partition coefficient (Wildman–Crippen LogP) is 1.64. The van der Waals surface area contributed by atoms with Crippen LogP contribution < -0.4 is 10.1 Å². The summed E-state index contributed by atoms with van der Waals surface area (Å²) in [6.07, 6.45) is 1.26. The molecule has 2 N–H and O–H groups in total. The third-order valence-corrected chi connectivity index (χ3v) is 3.93. The second-order valence-electron chi connectivity index (χ2n) is 6.04. The van der Waals surface area contributed by atoms with Crippen molar-refractivity contribution in [3.05, 3.63) is 29.3 Å². The van der Waals surface area contributed by atoms with Crippen LogP contribution in [0.4, 0.5) is 0 Å². The summed E-state index contributed by atoms with van der Waals surface area (Å²) >= 11 is 0. The molecule has 0 aliphatic carbocycles. The molecule has 1 heterocycles. The maximum atomic E-state index is 10.7. The molecule has 0 amide bonds. The van der Waals surface area contributed by atoms with E-state index >= 15 is 0 Å². The van der Waals surface area contributed by atoms with Crippen LogP contribution in [-0.4, -0.2) is 36.4 Å². The number of aliphatic hydroxyl groups is 1. The minimum atomic E-state index is -0.898. The van der Waals surface area contributed by atoms with E-state index in [0.717, 1.165) is 0 Å². The number of rotatable bonds is 4. The summed E-state index contributed by atoms with van der Waals surface area (Å²) < 4.78 is 10.9. The van der Waals surface area contributed by atoms with Crippen molar-refractivity contribution >= 4 is 5.84 Å². The Morgan fingerprint density at radius 2 is 2.21 bits per heavy atom. The number of fused-ring (bicyclic) bond motifs is 1. The molecule has 7 nitrogen and oxygen atoms in total. The van der Waals surface area contributed by atoms with Crippen molar-refractivity contribution in [1.29, 1.82) is 10.5 Å². The molecule has 0 aromatic heterocycles. The first-order valence-corrected chi connectivity index (χ1v) is 7.55. The molecule has 126 valence electrons. The molecule has 0 saturated heterocycles. The van der Waals surface area contributed by atoms with Gasteiger partial charge in [-0.1, -0.05) is 0 Å². The van der Waals surface area contributed by atoms with Crippen molar-refractivity contribution in [3.8, 4) is 18.0 Å². The third kappa shape index (κ3) is 3.65. The molecule has 0 bridgehead atoms. The third-order valence-electron chi connectivity index (χ3n) is 3.93. The van der Waals surface area contributed by atoms with Gasteiger partial charge in [-0.15, -0.1) is 0 Å². The highest BCUT2D eigenvalue weighted by atomic mass is 16.5. The van der Waals surface area contributed by atoms with Crippen LogP contribution in [0.15, 0.2) is 23.2 Å². The van der Waals surface area contributed by atoms with Crippen LogP contribution in [-0.2, 0) is 4.74 Å². The van der Waals surface area contributed by atoms with E-state index in [9.17, 15) is 5.11 Å². The molecular weight excluding hydrogens is 308 g/mol. The highest BCUT2D eigenvalue weighted by Gasteiger charge is 2.43. The van der Waals surface area contributed by atoms with Gasteiger partial charge in [0.1, 0.15) is 23.3 Å². The Morgan fingerprint density at radius 3 is 2.83 bits per heavy atom. The van der Waals surface area contributed by atoms with Crippen LogP contribution >= 0.6 is 0 Å². The molecule has 0 radical (unpaired) electrons. The van der Waals surface area contributed by atoms with Gasteiger partial charge in [0.15, 0.2) is 0 Å². The molecule has 7 heteroatoms. The molecule has 1 aliphatic rings. The number of aliphatic imine (C=N–C) groups is 1. The fourth-order valence-corrected chi connectivity index (χ4v) is 2.62. The number of nitriles is 2. The molecule has 2 rings (SSSR count). The Kier molecular flexibility index (Phi) is 5.40. The lowest BCUT2D eigenvalue weighted by atomic mass is 9.86. The molecule has 1 aromatic carbocycles. The van der Waals surface area contributed by atoms with Gasteiger partial charge in [0.05, 0.1) is 24.3 Å². The van der Waals surface area contributed by atoms with E-state index in [2.05, 4.69) is 16.4 Å². The molecule has 24 heavy (non-hydrogen) atoms. The molecule has 1 aromatic rings. The van der Waals surface area contributed by atoms with Gasteiger partial charge in [0.2, 0.25) is 6.19 Å². The first-order valence-electron chi connectivity index (χ1n) is 7.55. The van der Waals surface area contributed by atoms with Crippen molar-refractivity contribution < 1.29 is 14.6 Å². The summed E-state index contributed by atoms with van der Waals surface area (Å²) in [5, 5.41) is 31.8. The summed E-state index contributed by atoms with van der Waals surface area (Å²) in [5.41, 5.74) is 0.285. The largest absolute Gasteiger partial charge is 0.485 e. The monoisotopic (exact) mass is 328 g/mol. The Hall–Kier alpha value is -2.61. The number of nitrogens with zero attached hydrogens (tertiary/aromatic N) is 3. The average molecular weight is 328 g/mol. The van der Waals surface area contributed by atoms with E-state index in [4.69, 9.17) is 20.0 Å². The summed E-state index contributed by atoms with van der Waals surface area (Å²) in [7, 11) is 1.56. The summed E-state index contributed by atoms with van der Waals surface area (Å²) in [6, 6.07) is 6.58. The predicted molar refractivity (Wildman–Crippen MR) is 87.3 cm³/mol. The molecular formula is C17H20N4O3. The topological polar surface area (TPSA) is 111 Å². The van der Waals surface area contributed by atoms with Gasteiger partial charge in [0, 0.05) is 19.1 Å². The SMILES string of the molecule is COCCC(=NC#N)NC1c2cc(C#N)ccc2OC(C)(C)C1O. The van der Waals surface area contributed by atoms with Crippen molar-refractivity contribution in [2.75, 3.05) is 13.7 Å². The standard InChI is InChI=1S/C17H20N4O3/c1-17(2)16(22)15(21-14(20-10-19)6-7-23-3)12-8-11(9-18)4-5-13(12)24-17/h4-5,8,15-16,22H,6-7H2,1-3H3,(H,20,21). The van der Waals surface area contributed by atoms with Crippen LogP contribution in [0.2, 0.25) is 0 Å². The van der Waals surface area contributed by atoms with Gasteiger partial charge >= 0.3 is 0 Å². The summed E-state index contributed by atoms with van der Waals surface area (Å²) in [5.74, 6) is 0.999. The van der Waals surface area contributed by atoms with Crippen LogP contribution in [0.25, 0.3) is 0 Å². The smallest absolute Gasteiger partial charge is 0.207 e. The van der Waals surface area contributed by atoms with Gasteiger partial charge in [-0.25, -0.2) is 0 Å². The van der Waals surface area contributed by atoms with Crippen LogP contribution in [0, 0.1) is 22.8 Å². The quantitative estimate of drug-likeness (QED) is 0.494. The van der Waals surface area contributed by atoms with Gasteiger partial charge in [0.25, 0.3) is 0 Å². The van der Waals surface area contributed by atoms with Gasteiger partial charge in [-0.05, 0) is 32.0 Å². The van der Waals surface area contributed by atoms with Gasteiger partial charge in [-0.2, -0.15) is 15.5 Å². The van der Waals surface area contributed by atoms with Crippen molar-refractivity contribution in [3.63, 3.8) is 0 Å². The number of methoxy groups -OCH3 is 1. The van der Waals surface area contributed by atoms with Crippen molar-refractivity contribution in [1.82, 2.24) is 5.32 Å². The van der Waals surface area contributed by atoms with E-state index in [1.54, 1.807) is 45.3 Å². The van der Waals surface area contributed by atoms with Gasteiger partial charge in [-0.3, -0.25) is 0 Å². The first kappa shape index (κ1) is 17.7. The normalized spacial score (nSPS) is 21.8. The minimum absolute atomic E-state index is 0.390. The van der Waals surface area contributed by atoms with E-state index in [0.29, 0.717) is 35.7 Å².